The summed E-state index contributed by atoms with van der Waals surface area (Å²) in [6.45, 7) is 0. The summed E-state index contributed by atoms with van der Waals surface area (Å²) >= 11 is 0. The molecule has 0 unspecified atom stereocenters. The molecular formula is C17H15N3O6S. The number of aromatic carboxylic acids is 1. The van der Waals surface area contributed by atoms with Crippen LogP contribution in [-0.2, 0) is 24.1 Å². The smallest absolute Gasteiger partial charge is 0.335 e. The first-order valence-corrected chi connectivity index (χ1v) is 9.16. The number of sulfonamides is 1. The van der Waals surface area contributed by atoms with Crippen LogP contribution < -0.4 is 16.0 Å². The fourth-order valence-electron chi connectivity index (χ4n) is 2.64. The van der Waals surface area contributed by atoms with Crippen molar-refractivity contribution in [3.63, 3.8) is 0 Å². The number of rotatable bonds is 4. The van der Waals surface area contributed by atoms with E-state index in [1.54, 1.807) is 0 Å². The summed E-state index contributed by atoms with van der Waals surface area (Å²) in [6.07, 6.45) is 0. The minimum Gasteiger partial charge on any atom is -0.478 e. The Labute approximate surface area is 153 Å². The predicted molar refractivity (Wildman–Crippen MR) is 98.6 cm³/mol. The molecule has 0 spiro atoms. The second-order valence-corrected chi connectivity index (χ2v) is 7.56. The van der Waals surface area contributed by atoms with E-state index in [1.807, 2.05) is 0 Å². The fraction of sp³-hybridized carbons (Fsp3) is 0.118. The lowest BCUT2D eigenvalue weighted by molar-refractivity contribution is 0.0696. The molecule has 0 aliphatic heterocycles. The van der Waals surface area contributed by atoms with E-state index in [1.165, 1.54) is 61.1 Å². The van der Waals surface area contributed by atoms with Crippen LogP contribution in [0.4, 0.5) is 5.69 Å². The lowest BCUT2D eigenvalue weighted by Crippen LogP contribution is -2.36. The van der Waals surface area contributed by atoms with E-state index in [0.29, 0.717) is 0 Å². The molecule has 0 aliphatic rings. The molecule has 1 heterocycles. The number of nitrogens with one attached hydrogen (secondary N) is 1. The van der Waals surface area contributed by atoms with Gasteiger partial charge in [0.2, 0.25) is 0 Å². The summed E-state index contributed by atoms with van der Waals surface area (Å²) in [4.78, 5) is 35.0. The number of anilines is 1. The zero-order chi connectivity index (χ0) is 19.9. The number of nitrogens with zero attached hydrogens (tertiary/aromatic N) is 2. The molecule has 0 fully saturated rings. The number of carboxylic acids is 1. The molecule has 0 amide bonds. The van der Waals surface area contributed by atoms with Crippen molar-refractivity contribution in [1.29, 1.82) is 0 Å². The van der Waals surface area contributed by atoms with E-state index in [2.05, 4.69) is 4.72 Å². The predicted octanol–water partition coefficient (Wildman–Crippen LogP) is 0.736. The quantitative estimate of drug-likeness (QED) is 0.677. The third kappa shape index (κ3) is 3.22. The lowest BCUT2D eigenvalue weighted by atomic mass is 10.2. The Hall–Kier alpha value is -3.40. The molecule has 9 nitrogen and oxygen atoms in total. The maximum atomic E-state index is 12.5. The first-order valence-electron chi connectivity index (χ1n) is 7.68. The van der Waals surface area contributed by atoms with Crippen LogP contribution in [0.1, 0.15) is 10.4 Å². The van der Waals surface area contributed by atoms with Gasteiger partial charge in [0.15, 0.2) is 0 Å². The number of hydrogen-bond donors (Lipinski definition) is 2. The van der Waals surface area contributed by atoms with Crippen LogP contribution in [0.15, 0.2) is 56.9 Å². The second-order valence-electron chi connectivity index (χ2n) is 5.87. The molecule has 0 atom stereocenters. The molecule has 0 saturated heterocycles. The normalized spacial score (nSPS) is 11.5. The van der Waals surface area contributed by atoms with Gasteiger partial charge in [-0.15, -0.1) is 0 Å². The molecule has 0 saturated carbocycles. The van der Waals surface area contributed by atoms with Gasteiger partial charge in [-0.3, -0.25) is 18.7 Å². The van der Waals surface area contributed by atoms with Gasteiger partial charge in [-0.05, 0) is 42.5 Å². The summed E-state index contributed by atoms with van der Waals surface area (Å²) in [5, 5.41) is 9.16. The molecule has 2 aromatic carbocycles. The number of hydrogen-bond acceptors (Lipinski definition) is 5. The van der Waals surface area contributed by atoms with Gasteiger partial charge < -0.3 is 5.11 Å². The highest BCUT2D eigenvalue weighted by atomic mass is 32.2. The van der Waals surface area contributed by atoms with Crippen molar-refractivity contribution in [3.05, 3.63) is 68.9 Å². The van der Waals surface area contributed by atoms with Gasteiger partial charge in [-0.1, -0.05) is 0 Å². The first-order chi connectivity index (χ1) is 12.6. The van der Waals surface area contributed by atoms with Crippen molar-refractivity contribution >= 4 is 32.6 Å². The maximum absolute atomic E-state index is 12.5. The van der Waals surface area contributed by atoms with Gasteiger partial charge in [-0.25, -0.2) is 18.0 Å². The van der Waals surface area contributed by atoms with Crippen LogP contribution in [0, 0.1) is 0 Å². The van der Waals surface area contributed by atoms with E-state index in [9.17, 15) is 22.8 Å². The topological polar surface area (TPSA) is 127 Å². The Bertz CT molecular complexity index is 1290. The number of aryl methyl sites for hydroxylation is 1. The van der Waals surface area contributed by atoms with Gasteiger partial charge in [0.1, 0.15) is 0 Å². The molecule has 0 bridgehead atoms. The van der Waals surface area contributed by atoms with Crippen LogP contribution in [0.25, 0.3) is 10.9 Å². The number of fused-ring (bicyclic) bond motifs is 1. The Morgan fingerprint density at radius 1 is 1.00 bits per heavy atom. The largest absolute Gasteiger partial charge is 0.478 e. The molecule has 27 heavy (non-hydrogen) atoms. The van der Waals surface area contributed by atoms with Crippen LogP contribution in [0.5, 0.6) is 0 Å². The average molecular weight is 389 g/mol. The molecule has 2 N–H and O–H groups in total. The Kier molecular flexibility index (Phi) is 4.36. The molecule has 0 aliphatic carbocycles. The highest BCUT2D eigenvalue weighted by Gasteiger charge is 2.16. The van der Waals surface area contributed by atoms with E-state index in [0.717, 1.165) is 4.57 Å². The van der Waals surface area contributed by atoms with Crippen molar-refractivity contribution < 1.29 is 18.3 Å². The first kappa shape index (κ1) is 18.4. The van der Waals surface area contributed by atoms with Gasteiger partial charge >= 0.3 is 11.7 Å². The SMILES string of the molecule is Cn1c(=O)c2ccc(NS(=O)(=O)c3ccc(C(=O)O)cc3)cc2n(C)c1=O. The average Bonchev–Trinajstić information content (AvgIpc) is 2.64. The Morgan fingerprint density at radius 2 is 1.63 bits per heavy atom. The van der Waals surface area contributed by atoms with Crippen molar-refractivity contribution in [1.82, 2.24) is 9.13 Å². The standard InChI is InChI=1S/C17H15N3O6S/c1-19-14-9-11(5-8-13(14)15(21)20(2)17(19)24)18-27(25,26)12-6-3-10(4-7-12)16(22)23/h3-9,18H,1-2H3,(H,22,23). The minimum absolute atomic E-state index is 0.0366. The molecular weight excluding hydrogens is 374 g/mol. The van der Waals surface area contributed by atoms with E-state index >= 15 is 0 Å². The number of aromatic nitrogens is 2. The van der Waals surface area contributed by atoms with Crippen molar-refractivity contribution in [2.45, 2.75) is 4.90 Å². The molecule has 140 valence electrons. The number of benzene rings is 2. The molecule has 3 aromatic rings. The van der Waals surface area contributed by atoms with Gasteiger partial charge in [0.25, 0.3) is 15.6 Å². The lowest BCUT2D eigenvalue weighted by Gasteiger charge is -2.11. The van der Waals surface area contributed by atoms with E-state index in [-0.39, 0.29) is 27.0 Å². The Balaban J connectivity index is 2.04. The van der Waals surface area contributed by atoms with Crippen molar-refractivity contribution in [2.24, 2.45) is 14.1 Å². The minimum atomic E-state index is -3.98. The van der Waals surface area contributed by atoms with Gasteiger partial charge in [0.05, 0.1) is 27.0 Å². The van der Waals surface area contributed by atoms with Gasteiger partial charge in [-0.2, -0.15) is 0 Å². The van der Waals surface area contributed by atoms with Crippen LogP contribution in [-0.4, -0.2) is 28.6 Å². The highest BCUT2D eigenvalue weighted by molar-refractivity contribution is 7.92. The summed E-state index contributed by atoms with van der Waals surface area (Å²) < 4.78 is 29.6. The number of carbonyl (C=O) groups is 1. The van der Waals surface area contributed by atoms with Crippen LogP contribution in [0.2, 0.25) is 0 Å². The molecule has 3 rings (SSSR count). The highest BCUT2D eigenvalue weighted by Crippen LogP contribution is 2.20. The summed E-state index contributed by atoms with van der Waals surface area (Å²) in [6, 6.07) is 8.97. The summed E-state index contributed by atoms with van der Waals surface area (Å²) in [7, 11) is -1.14. The molecule has 10 heteroatoms. The Morgan fingerprint density at radius 3 is 2.22 bits per heavy atom. The second kappa shape index (κ2) is 6.40. The van der Waals surface area contributed by atoms with Crippen LogP contribution in [0.3, 0.4) is 0 Å². The third-order valence-corrected chi connectivity index (χ3v) is 5.53. The van der Waals surface area contributed by atoms with Crippen LogP contribution >= 0.6 is 0 Å². The van der Waals surface area contributed by atoms with E-state index in [4.69, 9.17) is 5.11 Å². The summed E-state index contributed by atoms with van der Waals surface area (Å²) in [5.74, 6) is -1.16. The molecule has 1 aromatic heterocycles. The zero-order valence-electron chi connectivity index (χ0n) is 14.3. The van der Waals surface area contributed by atoms with Gasteiger partial charge in [0, 0.05) is 14.1 Å². The summed E-state index contributed by atoms with van der Waals surface area (Å²) in [5.41, 5.74) is -0.605. The third-order valence-electron chi connectivity index (χ3n) is 4.13. The van der Waals surface area contributed by atoms with Crippen molar-refractivity contribution in [3.8, 4) is 0 Å². The van der Waals surface area contributed by atoms with E-state index < -0.39 is 27.2 Å². The fourth-order valence-corrected chi connectivity index (χ4v) is 3.69. The molecule has 0 radical (unpaired) electrons. The monoisotopic (exact) mass is 389 g/mol. The number of carboxylic acid groups (broad SMARTS) is 1. The van der Waals surface area contributed by atoms with Crippen molar-refractivity contribution in [2.75, 3.05) is 4.72 Å². The maximum Gasteiger partial charge on any atom is 0.335 e. The zero-order valence-corrected chi connectivity index (χ0v) is 15.1.